The Kier molecular flexibility index (Phi) is 4.01. The Morgan fingerprint density at radius 2 is 1.84 bits per heavy atom. The number of hydrogen-bond donors (Lipinski definition) is 0. The monoisotopic (exact) mass is 279 g/mol. The number of halogens is 1. The summed E-state index contributed by atoms with van der Waals surface area (Å²) in [5.74, 6) is -0.663. The Morgan fingerprint density at radius 1 is 1.16 bits per heavy atom. The molecule has 2 aromatic rings. The van der Waals surface area contributed by atoms with Crippen LogP contribution < -0.4 is 0 Å². The van der Waals surface area contributed by atoms with Gasteiger partial charge in [0.1, 0.15) is 5.82 Å². The molecule has 0 saturated carbocycles. The minimum Gasteiger partial charge on any atom is -0.258 e. The van der Waals surface area contributed by atoms with Crippen LogP contribution in [0.3, 0.4) is 0 Å². The summed E-state index contributed by atoms with van der Waals surface area (Å²) in [5, 5.41) is 10.8. The van der Waals surface area contributed by atoms with Gasteiger partial charge in [0.2, 0.25) is 0 Å². The molecule has 0 amide bonds. The average molecular weight is 279 g/mol. The third-order valence-corrected chi connectivity index (χ3v) is 3.90. The highest BCUT2D eigenvalue weighted by Gasteiger charge is 2.17. The molecule has 0 saturated heterocycles. The molecule has 1 atom stereocenters. The van der Waals surface area contributed by atoms with E-state index in [1.54, 1.807) is 30.3 Å². The third-order valence-electron chi connectivity index (χ3n) is 2.53. The van der Waals surface area contributed by atoms with Crippen LogP contribution in [0.25, 0.3) is 0 Å². The normalized spacial score (nSPS) is 12.1. The number of hydrogen-bond acceptors (Lipinski definition) is 3. The van der Waals surface area contributed by atoms with Crippen LogP contribution >= 0.6 is 0 Å². The van der Waals surface area contributed by atoms with Gasteiger partial charge in [-0.05, 0) is 24.3 Å². The van der Waals surface area contributed by atoms with Crippen LogP contribution in [0.5, 0.6) is 0 Å². The molecule has 2 rings (SSSR count). The minimum atomic E-state index is -1.44. The number of nitro benzene ring substituents is 1. The summed E-state index contributed by atoms with van der Waals surface area (Å²) >= 11 is 0. The van der Waals surface area contributed by atoms with E-state index in [1.165, 1.54) is 0 Å². The lowest BCUT2D eigenvalue weighted by atomic mass is 10.2. The summed E-state index contributed by atoms with van der Waals surface area (Å²) < 4.78 is 25.2. The van der Waals surface area contributed by atoms with Gasteiger partial charge in [-0.2, -0.15) is 0 Å². The molecule has 0 bridgehead atoms. The van der Waals surface area contributed by atoms with Crippen LogP contribution in [0.1, 0.15) is 5.56 Å². The molecule has 0 spiro atoms. The van der Waals surface area contributed by atoms with E-state index in [2.05, 4.69) is 0 Å². The van der Waals surface area contributed by atoms with Crippen molar-refractivity contribution in [2.24, 2.45) is 0 Å². The molecule has 1 unspecified atom stereocenters. The van der Waals surface area contributed by atoms with Gasteiger partial charge in [-0.15, -0.1) is 0 Å². The minimum absolute atomic E-state index is 0.0852. The van der Waals surface area contributed by atoms with Gasteiger partial charge in [0.15, 0.2) is 0 Å². The number of nitrogens with zero attached hydrogens (tertiary/aromatic N) is 1. The van der Waals surface area contributed by atoms with Crippen molar-refractivity contribution in [2.75, 3.05) is 0 Å². The molecular weight excluding hydrogens is 269 g/mol. The van der Waals surface area contributed by atoms with Crippen LogP contribution in [0.4, 0.5) is 10.1 Å². The smallest absolute Gasteiger partial charge is 0.258 e. The van der Waals surface area contributed by atoms with Crippen molar-refractivity contribution in [1.29, 1.82) is 0 Å². The van der Waals surface area contributed by atoms with E-state index in [0.717, 1.165) is 18.2 Å². The Bertz CT molecular complexity index is 631. The highest BCUT2D eigenvalue weighted by molar-refractivity contribution is 7.84. The third kappa shape index (κ3) is 3.23. The second-order valence-electron chi connectivity index (χ2n) is 3.83. The second-order valence-corrected chi connectivity index (χ2v) is 5.28. The summed E-state index contributed by atoms with van der Waals surface area (Å²) in [5.41, 5.74) is -0.0853. The zero-order valence-electron chi connectivity index (χ0n) is 9.78. The fourth-order valence-corrected chi connectivity index (χ4v) is 2.79. The SMILES string of the molecule is O=[N+]([O-])c1ccc(F)cc1CS(=O)c1ccccc1. The lowest BCUT2D eigenvalue weighted by molar-refractivity contribution is -0.385. The first-order chi connectivity index (χ1) is 9.08. The fraction of sp³-hybridized carbons (Fsp3) is 0.0769. The van der Waals surface area contributed by atoms with Gasteiger partial charge in [0.25, 0.3) is 5.69 Å². The van der Waals surface area contributed by atoms with E-state index in [-0.39, 0.29) is 17.0 Å². The number of benzene rings is 2. The molecule has 19 heavy (non-hydrogen) atoms. The van der Waals surface area contributed by atoms with E-state index in [1.807, 2.05) is 0 Å². The fourth-order valence-electron chi connectivity index (χ4n) is 1.64. The maximum absolute atomic E-state index is 13.1. The van der Waals surface area contributed by atoms with Gasteiger partial charge >= 0.3 is 0 Å². The van der Waals surface area contributed by atoms with Crippen molar-refractivity contribution in [1.82, 2.24) is 0 Å². The van der Waals surface area contributed by atoms with Crippen LogP contribution in [0, 0.1) is 15.9 Å². The van der Waals surface area contributed by atoms with Crippen LogP contribution in [0.15, 0.2) is 53.4 Å². The van der Waals surface area contributed by atoms with Crippen LogP contribution in [-0.4, -0.2) is 9.13 Å². The average Bonchev–Trinajstić information content (AvgIpc) is 2.39. The van der Waals surface area contributed by atoms with E-state index in [0.29, 0.717) is 4.90 Å². The second kappa shape index (κ2) is 5.71. The molecular formula is C13H10FNO3S. The first kappa shape index (κ1) is 13.4. The van der Waals surface area contributed by atoms with E-state index in [4.69, 9.17) is 0 Å². The molecule has 0 fully saturated rings. The van der Waals surface area contributed by atoms with Gasteiger partial charge in [0.05, 0.1) is 21.5 Å². The van der Waals surface area contributed by atoms with Gasteiger partial charge in [0, 0.05) is 16.5 Å². The lowest BCUT2D eigenvalue weighted by Gasteiger charge is -2.04. The van der Waals surface area contributed by atoms with Crippen molar-refractivity contribution in [3.05, 3.63) is 70.0 Å². The zero-order chi connectivity index (χ0) is 13.8. The lowest BCUT2D eigenvalue weighted by Crippen LogP contribution is -2.01. The molecule has 98 valence electrons. The summed E-state index contributed by atoms with van der Waals surface area (Å²) in [6.07, 6.45) is 0. The van der Waals surface area contributed by atoms with Gasteiger partial charge in [-0.1, -0.05) is 18.2 Å². The first-order valence-corrected chi connectivity index (χ1v) is 6.76. The largest absolute Gasteiger partial charge is 0.273 e. The first-order valence-electron chi connectivity index (χ1n) is 5.44. The Labute approximate surface area is 111 Å². The Balaban J connectivity index is 2.31. The molecule has 0 aliphatic carbocycles. The summed E-state index contributed by atoms with van der Waals surface area (Å²) in [7, 11) is -1.44. The molecule has 4 nitrogen and oxygen atoms in total. The molecule has 0 radical (unpaired) electrons. The summed E-state index contributed by atoms with van der Waals surface area (Å²) in [6.45, 7) is 0. The molecule has 0 aromatic heterocycles. The molecule has 0 heterocycles. The van der Waals surface area contributed by atoms with Crippen molar-refractivity contribution in [3.8, 4) is 0 Å². The molecule has 2 aromatic carbocycles. The van der Waals surface area contributed by atoms with Crippen molar-refractivity contribution < 1.29 is 13.5 Å². The van der Waals surface area contributed by atoms with Gasteiger partial charge in [-0.3, -0.25) is 14.3 Å². The maximum Gasteiger partial charge on any atom is 0.273 e. The summed E-state index contributed by atoms with van der Waals surface area (Å²) in [6, 6.07) is 11.7. The number of rotatable bonds is 4. The standard InChI is InChI=1S/C13H10FNO3S/c14-11-6-7-13(15(16)17)10(8-11)9-19(18)12-4-2-1-3-5-12/h1-8H,9H2. The maximum atomic E-state index is 13.1. The highest BCUT2D eigenvalue weighted by atomic mass is 32.2. The Morgan fingerprint density at radius 3 is 2.47 bits per heavy atom. The van der Waals surface area contributed by atoms with E-state index >= 15 is 0 Å². The predicted molar refractivity (Wildman–Crippen MR) is 69.6 cm³/mol. The number of nitro groups is 1. The van der Waals surface area contributed by atoms with E-state index < -0.39 is 21.5 Å². The van der Waals surface area contributed by atoms with Crippen molar-refractivity contribution in [3.63, 3.8) is 0 Å². The van der Waals surface area contributed by atoms with Crippen molar-refractivity contribution >= 4 is 16.5 Å². The van der Waals surface area contributed by atoms with Gasteiger partial charge < -0.3 is 0 Å². The zero-order valence-corrected chi connectivity index (χ0v) is 10.6. The quantitative estimate of drug-likeness (QED) is 0.638. The Hall–Kier alpha value is -2.08. The molecule has 0 aliphatic rings. The van der Waals surface area contributed by atoms with Crippen LogP contribution in [0.2, 0.25) is 0 Å². The van der Waals surface area contributed by atoms with E-state index in [9.17, 15) is 18.7 Å². The predicted octanol–water partition coefficient (Wildman–Crippen LogP) is 3.04. The van der Waals surface area contributed by atoms with Crippen molar-refractivity contribution in [2.45, 2.75) is 10.6 Å². The molecule has 0 N–H and O–H groups in total. The van der Waals surface area contributed by atoms with Gasteiger partial charge in [-0.25, -0.2) is 4.39 Å². The van der Waals surface area contributed by atoms with Crippen LogP contribution in [-0.2, 0) is 16.6 Å². The molecule has 0 aliphatic heterocycles. The molecule has 6 heteroatoms. The topological polar surface area (TPSA) is 60.2 Å². The summed E-state index contributed by atoms with van der Waals surface area (Å²) in [4.78, 5) is 10.8. The highest BCUT2D eigenvalue weighted by Crippen LogP contribution is 2.22.